The number of piperidine rings is 1. The Balaban J connectivity index is 2.20. The van der Waals surface area contributed by atoms with Crippen molar-refractivity contribution in [2.24, 2.45) is 0 Å². The summed E-state index contributed by atoms with van der Waals surface area (Å²) >= 11 is 6.00. The molecule has 1 aromatic carbocycles. The van der Waals surface area contributed by atoms with Crippen molar-refractivity contribution in [1.82, 2.24) is 10.0 Å². The minimum Gasteiger partial charge on any atom is -0.314 e. The normalized spacial score (nSPS) is 24.4. The number of nitrogens with one attached hydrogen (secondary N) is 2. The van der Waals surface area contributed by atoms with Crippen molar-refractivity contribution < 1.29 is 8.42 Å². The second-order valence-corrected chi connectivity index (χ2v) is 7.22. The van der Waals surface area contributed by atoms with E-state index in [1.807, 2.05) is 6.92 Å². The molecule has 1 fully saturated rings. The Bertz CT molecular complexity index is 560. The molecule has 0 aliphatic carbocycles. The molecule has 2 atom stereocenters. The van der Waals surface area contributed by atoms with Crippen LogP contribution < -0.4 is 10.0 Å². The molecule has 0 spiro atoms. The Morgan fingerprint density at radius 1 is 1.42 bits per heavy atom. The largest absolute Gasteiger partial charge is 0.314 e. The molecule has 1 saturated heterocycles. The Morgan fingerprint density at radius 2 is 2.16 bits per heavy atom. The summed E-state index contributed by atoms with van der Waals surface area (Å²) in [6.07, 6.45) is 1.59. The minimum absolute atomic E-state index is 0.0298. The van der Waals surface area contributed by atoms with E-state index < -0.39 is 10.0 Å². The molecule has 106 valence electrons. The van der Waals surface area contributed by atoms with Crippen LogP contribution in [-0.4, -0.2) is 27.0 Å². The van der Waals surface area contributed by atoms with Gasteiger partial charge in [0, 0.05) is 12.1 Å². The lowest BCUT2D eigenvalue weighted by molar-refractivity contribution is 0.361. The van der Waals surface area contributed by atoms with Gasteiger partial charge in [0.05, 0.1) is 5.02 Å². The van der Waals surface area contributed by atoms with Crippen molar-refractivity contribution in [3.05, 3.63) is 28.8 Å². The molecule has 0 radical (unpaired) electrons. The van der Waals surface area contributed by atoms with Crippen molar-refractivity contribution in [2.45, 2.75) is 43.7 Å². The molecule has 0 aromatic heterocycles. The summed E-state index contributed by atoms with van der Waals surface area (Å²) in [6, 6.07) is 5.33. The number of benzene rings is 1. The highest BCUT2D eigenvalue weighted by molar-refractivity contribution is 7.89. The van der Waals surface area contributed by atoms with Gasteiger partial charge < -0.3 is 5.32 Å². The molecule has 4 nitrogen and oxygen atoms in total. The second-order valence-electron chi connectivity index (χ2n) is 5.13. The van der Waals surface area contributed by atoms with Crippen molar-refractivity contribution in [1.29, 1.82) is 0 Å². The molecule has 19 heavy (non-hydrogen) atoms. The Morgan fingerprint density at radius 3 is 2.84 bits per heavy atom. The van der Waals surface area contributed by atoms with Crippen LogP contribution in [0.4, 0.5) is 0 Å². The first-order valence-electron chi connectivity index (χ1n) is 6.40. The summed E-state index contributed by atoms with van der Waals surface area (Å²) in [5.74, 6) is 0. The fourth-order valence-corrected chi connectivity index (χ4v) is 4.21. The van der Waals surface area contributed by atoms with Crippen LogP contribution in [0.1, 0.15) is 25.3 Å². The van der Waals surface area contributed by atoms with Crippen molar-refractivity contribution >= 4 is 21.6 Å². The van der Waals surface area contributed by atoms with Gasteiger partial charge in [-0.25, -0.2) is 13.1 Å². The highest BCUT2D eigenvalue weighted by Crippen LogP contribution is 2.23. The van der Waals surface area contributed by atoms with Crippen molar-refractivity contribution in [2.75, 3.05) is 6.54 Å². The fourth-order valence-electron chi connectivity index (χ4n) is 2.34. The van der Waals surface area contributed by atoms with Crippen LogP contribution in [0.3, 0.4) is 0 Å². The number of sulfonamides is 1. The molecule has 1 aromatic rings. The highest BCUT2D eigenvalue weighted by atomic mass is 35.5. The molecule has 1 aliphatic rings. The predicted molar refractivity (Wildman–Crippen MR) is 77.0 cm³/mol. The van der Waals surface area contributed by atoms with Gasteiger partial charge in [0.1, 0.15) is 4.90 Å². The molecular formula is C13H19ClN2O2S. The van der Waals surface area contributed by atoms with E-state index in [0.29, 0.717) is 6.04 Å². The van der Waals surface area contributed by atoms with Crippen LogP contribution >= 0.6 is 11.6 Å². The molecule has 1 heterocycles. The minimum atomic E-state index is -3.55. The standard InChI is InChI=1S/C13H19ClN2O2S/c1-9-3-4-12(14)13(7-9)19(17,18)16-11-5-6-15-10(2)8-11/h3-4,7,10-11,15-16H,5-6,8H2,1-2H3. The summed E-state index contributed by atoms with van der Waals surface area (Å²) in [5.41, 5.74) is 0.878. The lowest BCUT2D eigenvalue weighted by atomic mass is 10.0. The SMILES string of the molecule is Cc1ccc(Cl)c(S(=O)(=O)NC2CCNC(C)C2)c1. The van der Waals surface area contributed by atoms with Gasteiger partial charge in [0.2, 0.25) is 10.0 Å². The van der Waals surface area contributed by atoms with E-state index in [-0.39, 0.29) is 16.0 Å². The van der Waals surface area contributed by atoms with E-state index in [0.717, 1.165) is 24.9 Å². The van der Waals surface area contributed by atoms with Crippen molar-refractivity contribution in [3.63, 3.8) is 0 Å². The Kier molecular flexibility index (Phi) is 4.50. The monoisotopic (exact) mass is 302 g/mol. The van der Waals surface area contributed by atoms with E-state index in [1.165, 1.54) is 0 Å². The average molecular weight is 303 g/mol. The highest BCUT2D eigenvalue weighted by Gasteiger charge is 2.25. The number of hydrogen-bond donors (Lipinski definition) is 2. The summed E-state index contributed by atoms with van der Waals surface area (Å²) in [5, 5.41) is 3.56. The van der Waals surface area contributed by atoms with Gasteiger partial charge in [0.25, 0.3) is 0 Å². The zero-order chi connectivity index (χ0) is 14.0. The molecule has 0 amide bonds. The van der Waals surface area contributed by atoms with Gasteiger partial charge >= 0.3 is 0 Å². The third kappa shape index (κ3) is 3.69. The molecule has 2 rings (SSSR count). The Labute approximate surface area is 119 Å². The molecule has 0 saturated carbocycles. The van der Waals surface area contributed by atoms with E-state index in [4.69, 9.17) is 11.6 Å². The van der Waals surface area contributed by atoms with Gasteiger partial charge in [-0.15, -0.1) is 0 Å². The zero-order valence-corrected chi connectivity index (χ0v) is 12.7. The van der Waals surface area contributed by atoms with Crippen LogP contribution in [0, 0.1) is 6.92 Å². The maximum Gasteiger partial charge on any atom is 0.242 e. The first-order chi connectivity index (χ1) is 8.88. The van der Waals surface area contributed by atoms with Crippen molar-refractivity contribution in [3.8, 4) is 0 Å². The number of aryl methyl sites for hydroxylation is 1. The zero-order valence-electron chi connectivity index (χ0n) is 11.1. The maximum absolute atomic E-state index is 12.4. The number of rotatable bonds is 3. The topological polar surface area (TPSA) is 58.2 Å². The first-order valence-corrected chi connectivity index (χ1v) is 8.26. The van der Waals surface area contributed by atoms with E-state index in [1.54, 1.807) is 18.2 Å². The van der Waals surface area contributed by atoms with Gasteiger partial charge in [-0.05, 0) is 50.9 Å². The third-order valence-electron chi connectivity index (χ3n) is 3.32. The van der Waals surface area contributed by atoms with E-state index in [2.05, 4.69) is 17.0 Å². The van der Waals surface area contributed by atoms with Crippen LogP contribution in [0.25, 0.3) is 0 Å². The smallest absolute Gasteiger partial charge is 0.242 e. The maximum atomic E-state index is 12.4. The molecule has 1 aliphatic heterocycles. The van der Waals surface area contributed by atoms with E-state index >= 15 is 0 Å². The summed E-state index contributed by atoms with van der Waals surface area (Å²) in [6.45, 7) is 4.73. The van der Waals surface area contributed by atoms with Crippen LogP contribution in [-0.2, 0) is 10.0 Å². The lowest BCUT2D eigenvalue weighted by Gasteiger charge is -2.28. The quantitative estimate of drug-likeness (QED) is 0.898. The lowest BCUT2D eigenvalue weighted by Crippen LogP contribution is -2.46. The molecule has 6 heteroatoms. The van der Waals surface area contributed by atoms with E-state index in [9.17, 15) is 8.42 Å². The number of hydrogen-bond acceptors (Lipinski definition) is 3. The molecule has 2 N–H and O–H groups in total. The molecule has 2 unspecified atom stereocenters. The van der Waals surface area contributed by atoms with Gasteiger partial charge in [-0.3, -0.25) is 0 Å². The second kappa shape index (κ2) is 5.79. The summed E-state index contributed by atoms with van der Waals surface area (Å²) < 4.78 is 27.5. The molecular weight excluding hydrogens is 284 g/mol. The fraction of sp³-hybridized carbons (Fsp3) is 0.538. The summed E-state index contributed by atoms with van der Waals surface area (Å²) in [4.78, 5) is 0.167. The van der Waals surface area contributed by atoms with Gasteiger partial charge in [-0.2, -0.15) is 0 Å². The van der Waals surface area contributed by atoms with Gasteiger partial charge in [0.15, 0.2) is 0 Å². The average Bonchev–Trinajstić information content (AvgIpc) is 2.31. The number of halogens is 1. The van der Waals surface area contributed by atoms with Crippen LogP contribution in [0.2, 0.25) is 5.02 Å². The van der Waals surface area contributed by atoms with Crippen LogP contribution in [0.15, 0.2) is 23.1 Å². The summed E-state index contributed by atoms with van der Waals surface area (Å²) in [7, 11) is -3.55. The van der Waals surface area contributed by atoms with Crippen LogP contribution in [0.5, 0.6) is 0 Å². The Hall–Kier alpha value is -0.620. The first kappa shape index (κ1) is 14.8. The predicted octanol–water partition coefficient (Wildman–Crippen LogP) is 2.07. The van der Waals surface area contributed by atoms with Gasteiger partial charge in [-0.1, -0.05) is 17.7 Å². The third-order valence-corrected chi connectivity index (χ3v) is 5.32. The molecule has 0 bridgehead atoms.